The van der Waals surface area contributed by atoms with Gasteiger partial charge in [-0.3, -0.25) is 4.79 Å². The molecule has 1 heterocycles. The third-order valence-electron chi connectivity index (χ3n) is 1.56. The molecular weight excluding hydrogens is 231 g/mol. The molecule has 9 heavy (non-hydrogen) atoms. The number of esters is 1. The van der Waals surface area contributed by atoms with Crippen LogP contribution in [0.25, 0.3) is 0 Å². The van der Waals surface area contributed by atoms with E-state index in [9.17, 15) is 4.79 Å². The normalized spacial score (nSPS) is 34.7. The van der Waals surface area contributed by atoms with Crippen molar-refractivity contribution in [3.8, 4) is 0 Å². The van der Waals surface area contributed by atoms with Gasteiger partial charge in [0.2, 0.25) is 0 Å². The van der Waals surface area contributed by atoms with Crippen LogP contribution in [0.5, 0.6) is 0 Å². The highest BCUT2D eigenvalue weighted by molar-refractivity contribution is 14.1. The first-order chi connectivity index (χ1) is 4.24. The molecule has 2 nitrogen and oxygen atoms in total. The number of rotatable bonds is 1. The molecule has 2 unspecified atom stereocenters. The van der Waals surface area contributed by atoms with Crippen LogP contribution in [0.15, 0.2) is 0 Å². The van der Waals surface area contributed by atoms with Gasteiger partial charge in [-0.25, -0.2) is 0 Å². The standard InChI is InChI=1S/C6H9IO2/c1-4-2-6(8)9-5(4)3-7/h4-5H,2-3H2,1H3. The average Bonchev–Trinajstić information content (AvgIpc) is 2.10. The molecule has 0 aromatic carbocycles. The van der Waals surface area contributed by atoms with Crippen molar-refractivity contribution in [1.29, 1.82) is 0 Å². The smallest absolute Gasteiger partial charge is 0.306 e. The summed E-state index contributed by atoms with van der Waals surface area (Å²) in [6, 6.07) is 0. The highest BCUT2D eigenvalue weighted by Crippen LogP contribution is 2.22. The lowest BCUT2D eigenvalue weighted by Crippen LogP contribution is -2.14. The van der Waals surface area contributed by atoms with Gasteiger partial charge in [0.05, 0.1) is 6.42 Å². The van der Waals surface area contributed by atoms with Crippen molar-refractivity contribution in [2.45, 2.75) is 19.4 Å². The van der Waals surface area contributed by atoms with Crippen molar-refractivity contribution in [2.24, 2.45) is 5.92 Å². The first-order valence-corrected chi connectivity index (χ1v) is 4.52. The minimum absolute atomic E-state index is 0.0378. The van der Waals surface area contributed by atoms with Crippen LogP contribution in [0, 0.1) is 5.92 Å². The predicted molar refractivity (Wildman–Crippen MR) is 42.5 cm³/mol. The number of carbonyl (C=O) groups excluding carboxylic acids is 1. The second kappa shape index (κ2) is 2.86. The van der Waals surface area contributed by atoms with Crippen LogP contribution < -0.4 is 0 Å². The van der Waals surface area contributed by atoms with E-state index in [0.717, 1.165) is 4.43 Å². The van der Waals surface area contributed by atoms with Gasteiger partial charge < -0.3 is 4.74 Å². The molecular formula is C6H9IO2. The maximum absolute atomic E-state index is 10.6. The molecule has 0 aromatic heterocycles. The summed E-state index contributed by atoms with van der Waals surface area (Å²) in [5.74, 6) is 0.388. The minimum atomic E-state index is -0.0378. The first kappa shape index (κ1) is 7.31. The van der Waals surface area contributed by atoms with Crippen molar-refractivity contribution >= 4 is 28.6 Å². The molecule has 1 saturated heterocycles. The van der Waals surface area contributed by atoms with Crippen molar-refractivity contribution in [1.82, 2.24) is 0 Å². The number of hydrogen-bond donors (Lipinski definition) is 0. The lowest BCUT2D eigenvalue weighted by atomic mass is 10.1. The monoisotopic (exact) mass is 240 g/mol. The second-order valence-corrected chi connectivity index (χ2v) is 3.24. The number of hydrogen-bond acceptors (Lipinski definition) is 2. The van der Waals surface area contributed by atoms with Crippen LogP contribution >= 0.6 is 22.6 Å². The van der Waals surface area contributed by atoms with Gasteiger partial charge in [-0.15, -0.1) is 0 Å². The Kier molecular flexibility index (Phi) is 2.32. The van der Waals surface area contributed by atoms with Crippen LogP contribution in [0.1, 0.15) is 13.3 Å². The van der Waals surface area contributed by atoms with Gasteiger partial charge in [0.15, 0.2) is 0 Å². The summed E-state index contributed by atoms with van der Waals surface area (Å²) in [6.07, 6.45) is 0.784. The quantitative estimate of drug-likeness (QED) is 0.393. The fourth-order valence-corrected chi connectivity index (χ4v) is 1.96. The van der Waals surface area contributed by atoms with E-state index < -0.39 is 0 Å². The molecule has 1 rings (SSSR count). The van der Waals surface area contributed by atoms with Crippen LogP contribution in [-0.2, 0) is 9.53 Å². The Morgan fingerprint density at radius 3 is 2.78 bits per heavy atom. The zero-order chi connectivity index (χ0) is 6.85. The van der Waals surface area contributed by atoms with Crippen LogP contribution in [-0.4, -0.2) is 16.5 Å². The molecule has 1 fully saturated rings. The summed E-state index contributed by atoms with van der Waals surface area (Å²) in [5, 5.41) is 0. The zero-order valence-electron chi connectivity index (χ0n) is 5.26. The van der Waals surface area contributed by atoms with E-state index in [-0.39, 0.29) is 12.1 Å². The van der Waals surface area contributed by atoms with E-state index in [0.29, 0.717) is 12.3 Å². The minimum Gasteiger partial charge on any atom is -0.461 e. The molecule has 0 N–H and O–H groups in total. The molecule has 52 valence electrons. The zero-order valence-corrected chi connectivity index (χ0v) is 7.42. The van der Waals surface area contributed by atoms with E-state index >= 15 is 0 Å². The van der Waals surface area contributed by atoms with Crippen LogP contribution in [0.4, 0.5) is 0 Å². The predicted octanol–water partition coefficient (Wildman–Crippen LogP) is 1.37. The Balaban J connectivity index is 2.47. The summed E-state index contributed by atoms with van der Waals surface area (Å²) in [6.45, 7) is 2.05. The highest BCUT2D eigenvalue weighted by atomic mass is 127. The molecule has 1 aliphatic rings. The third-order valence-corrected chi connectivity index (χ3v) is 2.43. The topological polar surface area (TPSA) is 26.3 Å². The Labute approximate surface area is 68.1 Å². The van der Waals surface area contributed by atoms with Crippen molar-refractivity contribution in [3.63, 3.8) is 0 Å². The Bertz CT molecular complexity index is 124. The second-order valence-electron chi connectivity index (χ2n) is 2.36. The Morgan fingerprint density at radius 2 is 2.56 bits per heavy atom. The molecule has 0 aliphatic carbocycles. The van der Waals surface area contributed by atoms with Crippen LogP contribution in [0.3, 0.4) is 0 Å². The summed E-state index contributed by atoms with van der Waals surface area (Å²) < 4.78 is 5.90. The highest BCUT2D eigenvalue weighted by Gasteiger charge is 2.29. The van der Waals surface area contributed by atoms with Crippen molar-refractivity contribution in [2.75, 3.05) is 4.43 Å². The van der Waals surface area contributed by atoms with Gasteiger partial charge in [0.25, 0.3) is 0 Å². The van der Waals surface area contributed by atoms with Gasteiger partial charge in [0, 0.05) is 10.3 Å². The maximum atomic E-state index is 10.6. The fraction of sp³-hybridized carbons (Fsp3) is 0.833. The summed E-state index contributed by atoms with van der Waals surface area (Å²) in [4.78, 5) is 10.6. The Hall–Kier alpha value is 0.200. The number of alkyl halides is 1. The molecule has 0 radical (unpaired) electrons. The Morgan fingerprint density at radius 1 is 1.89 bits per heavy atom. The molecule has 0 aromatic rings. The van der Waals surface area contributed by atoms with Crippen LogP contribution in [0.2, 0.25) is 0 Å². The number of carbonyl (C=O) groups is 1. The third kappa shape index (κ3) is 1.56. The summed E-state index contributed by atoms with van der Waals surface area (Å²) in [7, 11) is 0. The van der Waals surface area contributed by atoms with Gasteiger partial charge in [0.1, 0.15) is 6.10 Å². The van der Waals surface area contributed by atoms with E-state index in [1.54, 1.807) is 0 Å². The largest absolute Gasteiger partial charge is 0.461 e. The fourth-order valence-electron chi connectivity index (χ4n) is 0.911. The van der Waals surface area contributed by atoms with Gasteiger partial charge in [-0.2, -0.15) is 0 Å². The van der Waals surface area contributed by atoms with E-state index in [1.807, 2.05) is 6.92 Å². The van der Waals surface area contributed by atoms with E-state index in [2.05, 4.69) is 22.6 Å². The molecule has 2 atom stereocenters. The molecule has 3 heteroatoms. The van der Waals surface area contributed by atoms with E-state index in [4.69, 9.17) is 4.74 Å². The number of cyclic esters (lactones) is 1. The molecule has 0 bridgehead atoms. The first-order valence-electron chi connectivity index (χ1n) is 2.99. The van der Waals surface area contributed by atoms with Gasteiger partial charge in [-0.05, 0) is 0 Å². The number of ether oxygens (including phenoxy) is 1. The van der Waals surface area contributed by atoms with Crippen molar-refractivity contribution in [3.05, 3.63) is 0 Å². The summed E-state index contributed by atoms with van der Waals surface area (Å²) in [5.41, 5.74) is 0. The lowest BCUT2D eigenvalue weighted by molar-refractivity contribution is -0.140. The molecule has 0 spiro atoms. The molecule has 0 saturated carbocycles. The summed E-state index contributed by atoms with van der Waals surface area (Å²) >= 11 is 2.24. The molecule has 1 aliphatic heterocycles. The van der Waals surface area contributed by atoms with Gasteiger partial charge in [-0.1, -0.05) is 29.5 Å². The van der Waals surface area contributed by atoms with Gasteiger partial charge >= 0.3 is 5.97 Å². The number of halogens is 1. The average molecular weight is 240 g/mol. The van der Waals surface area contributed by atoms with E-state index in [1.165, 1.54) is 0 Å². The maximum Gasteiger partial charge on any atom is 0.306 e. The lowest BCUT2D eigenvalue weighted by Gasteiger charge is -2.07. The molecule has 0 amide bonds. The van der Waals surface area contributed by atoms with Crippen molar-refractivity contribution < 1.29 is 9.53 Å². The SMILES string of the molecule is CC1CC(=O)OC1CI.